The third kappa shape index (κ3) is 5.01. The molecule has 0 aliphatic carbocycles. The first-order valence-electron chi connectivity index (χ1n) is 11.2. The van der Waals surface area contributed by atoms with E-state index in [0.717, 1.165) is 22.9 Å². The molecule has 0 radical (unpaired) electrons. The van der Waals surface area contributed by atoms with Crippen LogP contribution in [0.3, 0.4) is 0 Å². The highest BCUT2D eigenvalue weighted by atomic mass is 35.5. The third-order valence-electron chi connectivity index (χ3n) is 6.02. The number of aryl methyl sites for hydroxylation is 1. The van der Waals surface area contributed by atoms with Gasteiger partial charge in [0.15, 0.2) is 0 Å². The Hall–Kier alpha value is -2.99. The van der Waals surface area contributed by atoms with E-state index in [0.29, 0.717) is 48.7 Å². The molecule has 0 atom stereocenters. The second-order valence-electron chi connectivity index (χ2n) is 8.65. The number of halogens is 2. The zero-order valence-corrected chi connectivity index (χ0v) is 19.9. The van der Waals surface area contributed by atoms with Gasteiger partial charge in [0, 0.05) is 49.8 Å². The molecule has 1 aliphatic rings. The molecule has 1 saturated heterocycles. The summed E-state index contributed by atoms with van der Waals surface area (Å²) < 4.78 is 14.4. The molecule has 1 aliphatic heterocycles. The predicted molar refractivity (Wildman–Crippen MR) is 130 cm³/mol. The molecular formula is C26H28ClFN4O. The van der Waals surface area contributed by atoms with Crippen LogP contribution in [0.15, 0.2) is 48.5 Å². The number of piperazine rings is 1. The summed E-state index contributed by atoms with van der Waals surface area (Å²) >= 11 is 6.23. The van der Waals surface area contributed by atoms with E-state index < -0.39 is 0 Å². The van der Waals surface area contributed by atoms with Gasteiger partial charge in [0.2, 0.25) is 0 Å². The summed E-state index contributed by atoms with van der Waals surface area (Å²) in [5, 5.41) is 0.463. The lowest BCUT2D eigenvalue weighted by molar-refractivity contribution is 0.0746. The van der Waals surface area contributed by atoms with Crippen molar-refractivity contribution in [1.29, 1.82) is 0 Å². The van der Waals surface area contributed by atoms with E-state index in [1.165, 1.54) is 6.07 Å². The minimum atomic E-state index is -0.231. The molecule has 172 valence electrons. The van der Waals surface area contributed by atoms with Crippen LogP contribution in [0.25, 0.3) is 0 Å². The Morgan fingerprint density at radius 1 is 1.03 bits per heavy atom. The van der Waals surface area contributed by atoms with Crippen LogP contribution in [0, 0.1) is 12.7 Å². The normalized spacial score (nSPS) is 14.1. The number of hydrogen-bond acceptors (Lipinski definition) is 4. The van der Waals surface area contributed by atoms with E-state index in [9.17, 15) is 9.18 Å². The van der Waals surface area contributed by atoms with Gasteiger partial charge in [-0.2, -0.15) is 0 Å². The summed E-state index contributed by atoms with van der Waals surface area (Å²) in [4.78, 5) is 26.6. The van der Waals surface area contributed by atoms with Crippen LogP contribution in [0.5, 0.6) is 0 Å². The molecule has 0 bridgehead atoms. The van der Waals surface area contributed by atoms with Gasteiger partial charge in [-0.05, 0) is 30.7 Å². The van der Waals surface area contributed by atoms with Gasteiger partial charge in [-0.1, -0.05) is 55.8 Å². The van der Waals surface area contributed by atoms with Gasteiger partial charge < -0.3 is 9.80 Å². The largest absolute Gasteiger partial charge is 0.353 e. The Morgan fingerprint density at radius 3 is 2.36 bits per heavy atom. The summed E-state index contributed by atoms with van der Waals surface area (Å²) in [7, 11) is 0. The van der Waals surface area contributed by atoms with Crippen LogP contribution in [0.1, 0.15) is 52.8 Å². The number of aromatic nitrogens is 2. The lowest BCUT2D eigenvalue weighted by Crippen LogP contribution is -2.49. The molecule has 7 heteroatoms. The maximum atomic E-state index is 14.4. The first kappa shape index (κ1) is 23.2. The number of amides is 1. The van der Waals surface area contributed by atoms with Crippen LogP contribution in [-0.4, -0.2) is 47.0 Å². The Morgan fingerprint density at radius 2 is 1.70 bits per heavy atom. The smallest absolute Gasteiger partial charge is 0.255 e. The molecule has 2 heterocycles. The maximum absolute atomic E-state index is 14.4. The lowest BCUT2D eigenvalue weighted by Gasteiger charge is -2.37. The van der Waals surface area contributed by atoms with Gasteiger partial charge in [-0.25, -0.2) is 14.4 Å². The fourth-order valence-corrected chi connectivity index (χ4v) is 4.30. The second kappa shape index (κ2) is 9.87. The van der Waals surface area contributed by atoms with Crippen LogP contribution in [-0.2, 0) is 6.42 Å². The van der Waals surface area contributed by atoms with E-state index in [1.54, 1.807) is 24.3 Å². The summed E-state index contributed by atoms with van der Waals surface area (Å²) in [5.74, 6) is 1.49. The lowest BCUT2D eigenvalue weighted by atomic mass is 10.0. The average molecular weight is 467 g/mol. The van der Waals surface area contributed by atoms with E-state index in [1.807, 2.05) is 30.0 Å². The third-order valence-corrected chi connectivity index (χ3v) is 6.35. The van der Waals surface area contributed by atoms with Crippen molar-refractivity contribution < 1.29 is 9.18 Å². The van der Waals surface area contributed by atoms with Crippen molar-refractivity contribution in [3.05, 3.63) is 87.6 Å². The number of benzene rings is 2. The Kier molecular flexibility index (Phi) is 6.94. The molecule has 1 fully saturated rings. The Bertz CT molecular complexity index is 1160. The molecule has 4 rings (SSSR count). The quantitative estimate of drug-likeness (QED) is 0.515. The van der Waals surface area contributed by atoms with Crippen molar-refractivity contribution in [2.75, 3.05) is 31.1 Å². The molecule has 0 unspecified atom stereocenters. The van der Waals surface area contributed by atoms with Gasteiger partial charge in [0.25, 0.3) is 5.91 Å². The van der Waals surface area contributed by atoms with Crippen molar-refractivity contribution in [1.82, 2.24) is 14.9 Å². The standard InChI is InChI=1S/C26H28ClFN4O/c1-17(2)24-29-18(3)21(16-19-8-4-7-11-23(19)28)25(30-24)31-12-14-32(15-13-31)26(33)20-9-5-6-10-22(20)27/h4-11,17H,12-16H2,1-3H3. The summed E-state index contributed by atoms with van der Waals surface area (Å²) in [6, 6.07) is 13.9. The summed E-state index contributed by atoms with van der Waals surface area (Å²) in [6.07, 6.45) is 0.422. The number of nitrogens with zero attached hydrogens (tertiary/aromatic N) is 4. The number of anilines is 1. The highest BCUT2D eigenvalue weighted by molar-refractivity contribution is 6.33. The maximum Gasteiger partial charge on any atom is 0.255 e. The summed E-state index contributed by atoms with van der Waals surface area (Å²) in [6.45, 7) is 8.48. The van der Waals surface area contributed by atoms with Crippen LogP contribution < -0.4 is 4.90 Å². The van der Waals surface area contributed by atoms with Gasteiger partial charge in [0.05, 0.1) is 10.6 Å². The first-order valence-corrected chi connectivity index (χ1v) is 11.6. The molecule has 1 amide bonds. The molecule has 0 N–H and O–H groups in total. The molecule has 0 spiro atoms. The van der Waals surface area contributed by atoms with Gasteiger partial charge in [0.1, 0.15) is 17.5 Å². The van der Waals surface area contributed by atoms with Crippen LogP contribution in [0.4, 0.5) is 10.2 Å². The van der Waals surface area contributed by atoms with E-state index in [-0.39, 0.29) is 17.6 Å². The molecule has 5 nitrogen and oxygen atoms in total. The second-order valence-corrected chi connectivity index (χ2v) is 9.06. The number of rotatable bonds is 5. The average Bonchev–Trinajstić information content (AvgIpc) is 2.81. The minimum absolute atomic E-state index is 0.0615. The number of carbonyl (C=O) groups excluding carboxylic acids is 1. The monoisotopic (exact) mass is 466 g/mol. The molecular weight excluding hydrogens is 439 g/mol. The van der Waals surface area contributed by atoms with Gasteiger partial charge in [-0.3, -0.25) is 4.79 Å². The molecule has 1 aromatic heterocycles. The van der Waals surface area contributed by atoms with Gasteiger partial charge >= 0.3 is 0 Å². The Balaban J connectivity index is 1.60. The minimum Gasteiger partial charge on any atom is -0.353 e. The van der Waals surface area contributed by atoms with Crippen LogP contribution in [0.2, 0.25) is 5.02 Å². The first-order chi connectivity index (χ1) is 15.8. The molecule has 2 aromatic carbocycles. The zero-order valence-electron chi connectivity index (χ0n) is 19.2. The molecule has 33 heavy (non-hydrogen) atoms. The fourth-order valence-electron chi connectivity index (χ4n) is 4.09. The Labute approximate surface area is 199 Å². The van der Waals surface area contributed by atoms with Crippen molar-refractivity contribution in [3.63, 3.8) is 0 Å². The van der Waals surface area contributed by atoms with Crippen LogP contribution >= 0.6 is 11.6 Å². The molecule has 0 saturated carbocycles. The SMILES string of the molecule is Cc1nc(C(C)C)nc(N2CCN(C(=O)c3ccccc3Cl)CC2)c1Cc1ccccc1F. The zero-order chi connectivity index (χ0) is 23.5. The van der Waals surface area contributed by atoms with Crippen molar-refractivity contribution >= 4 is 23.3 Å². The highest BCUT2D eigenvalue weighted by Crippen LogP contribution is 2.28. The summed E-state index contributed by atoms with van der Waals surface area (Å²) in [5.41, 5.74) is 2.93. The van der Waals surface area contributed by atoms with Crippen molar-refractivity contribution in [2.24, 2.45) is 0 Å². The topological polar surface area (TPSA) is 49.3 Å². The van der Waals surface area contributed by atoms with E-state index in [4.69, 9.17) is 21.6 Å². The number of hydrogen-bond donors (Lipinski definition) is 0. The van der Waals surface area contributed by atoms with E-state index >= 15 is 0 Å². The number of carbonyl (C=O) groups is 1. The molecule has 3 aromatic rings. The van der Waals surface area contributed by atoms with Crippen molar-refractivity contribution in [3.8, 4) is 0 Å². The van der Waals surface area contributed by atoms with Crippen molar-refractivity contribution in [2.45, 2.75) is 33.1 Å². The highest BCUT2D eigenvalue weighted by Gasteiger charge is 2.27. The van der Waals surface area contributed by atoms with E-state index in [2.05, 4.69) is 18.7 Å². The van der Waals surface area contributed by atoms with Gasteiger partial charge in [-0.15, -0.1) is 0 Å². The fraction of sp³-hybridized carbons (Fsp3) is 0.346. The predicted octanol–water partition coefficient (Wildman–Crippen LogP) is 5.25.